The molecule has 1 N–H and O–H groups in total. The Labute approximate surface area is 153 Å². The SMILES string of the molecule is CCC(Oc1ccccc1C=Cc1ccc(N=NN(C)C)cc1)C(=O)O. The van der Waals surface area contributed by atoms with Gasteiger partial charge in [-0.2, -0.15) is 0 Å². The standard InChI is InChI=1S/C20H23N3O3/c1-4-18(20(24)25)26-19-8-6-5-7-16(19)12-9-15-10-13-17(14-11-15)21-22-23(2)3/h5-14,18H,4H2,1-3H3,(H,24,25). The minimum atomic E-state index is -0.964. The van der Waals surface area contributed by atoms with Crippen molar-refractivity contribution in [3.63, 3.8) is 0 Å². The fraction of sp³-hybridized carbons (Fsp3) is 0.250. The maximum absolute atomic E-state index is 11.2. The molecular weight excluding hydrogens is 330 g/mol. The van der Waals surface area contributed by atoms with E-state index in [2.05, 4.69) is 10.3 Å². The Morgan fingerprint density at radius 1 is 1.15 bits per heavy atom. The van der Waals surface area contributed by atoms with E-state index in [1.165, 1.54) is 0 Å². The number of para-hydroxylation sites is 1. The molecule has 1 atom stereocenters. The molecule has 0 saturated carbocycles. The maximum Gasteiger partial charge on any atom is 0.344 e. The summed E-state index contributed by atoms with van der Waals surface area (Å²) in [5, 5.41) is 18.8. The van der Waals surface area contributed by atoms with E-state index >= 15 is 0 Å². The van der Waals surface area contributed by atoms with Crippen LogP contribution in [0.2, 0.25) is 0 Å². The third kappa shape index (κ3) is 5.73. The lowest BCUT2D eigenvalue weighted by Gasteiger charge is -2.15. The molecule has 0 spiro atoms. The van der Waals surface area contributed by atoms with E-state index in [0.717, 1.165) is 16.8 Å². The van der Waals surface area contributed by atoms with Gasteiger partial charge in [-0.25, -0.2) is 4.79 Å². The molecule has 1 unspecified atom stereocenters. The van der Waals surface area contributed by atoms with Crippen molar-refractivity contribution in [1.82, 2.24) is 5.01 Å². The van der Waals surface area contributed by atoms with E-state index in [4.69, 9.17) is 4.74 Å². The molecule has 6 heteroatoms. The molecule has 0 radical (unpaired) electrons. The van der Waals surface area contributed by atoms with Gasteiger partial charge in [-0.15, -0.1) is 5.11 Å². The van der Waals surface area contributed by atoms with Crippen LogP contribution in [0.15, 0.2) is 58.9 Å². The van der Waals surface area contributed by atoms with Gasteiger partial charge in [-0.05, 0) is 30.2 Å². The highest BCUT2D eigenvalue weighted by Gasteiger charge is 2.17. The van der Waals surface area contributed by atoms with Gasteiger partial charge >= 0.3 is 5.97 Å². The zero-order valence-corrected chi connectivity index (χ0v) is 15.2. The first-order valence-corrected chi connectivity index (χ1v) is 8.35. The summed E-state index contributed by atoms with van der Waals surface area (Å²) in [5.41, 5.74) is 2.59. The Morgan fingerprint density at radius 2 is 1.85 bits per heavy atom. The van der Waals surface area contributed by atoms with Gasteiger partial charge in [-0.3, -0.25) is 5.01 Å². The summed E-state index contributed by atoms with van der Waals surface area (Å²) in [4.78, 5) is 11.2. The minimum Gasteiger partial charge on any atom is -0.479 e. The first kappa shape index (κ1) is 19.2. The van der Waals surface area contributed by atoms with E-state index in [1.807, 2.05) is 68.7 Å². The number of carboxylic acids is 1. The third-order valence-electron chi connectivity index (χ3n) is 3.52. The molecule has 2 aromatic rings. The maximum atomic E-state index is 11.2. The molecule has 136 valence electrons. The van der Waals surface area contributed by atoms with Crippen molar-refractivity contribution in [2.75, 3.05) is 14.1 Å². The average Bonchev–Trinajstić information content (AvgIpc) is 2.64. The van der Waals surface area contributed by atoms with Crippen molar-refractivity contribution in [1.29, 1.82) is 0 Å². The van der Waals surface area contributed by atoms with Crippen LogP contribution < -0.4 is 4.74 Å². The minimum absolute atomic E-state index is 0.399. The first-order valence-electron chi connectivity index (χ1n) is 8.35. The molecule has 2 rings (SSSR count). The molecule has 0 bridgehead atoms. The van der Waals surface area contributed by atoms with E-state index in [9.17, 15) is 9.90 Å². The van der Waals surface area contributed by atoms with Gasteiger partial charge in [0.2, 0.25) is 0 Å². The molecule has 0 heterocycles. The Morgan fingerprint density at radius 3 is 2.46 bits per heavy atom. The summed E-state index contributed by atoms with van der Waals surface area (Å²) in [5.74, 6) is -0.414. The van der Waals surface area contributed by atoms with Crippen LogP contribution in [-0.4, -0.2) is 36.3 Å². The van der Waals surface area contributed by atoms with Crippen molar-refractivity contribution in [3.8, 4) is 5.75 Å². The number of ether oxygens (including phenoxy) is 1. The number of aliphatic carboxylic acids is 1. The fourth-order valence-electron chi connectivity index (χ4n) is 2.17. The van der Waals surface area contributed by atoms with E-state index in [-0.39, 0.29) is 0 Å². The lowest BCUT2D eigenvalue weighted by atomic mass is 10.1. The highest BCUT2D eigenvalue weighted by atomic mass is 16.5. The highest BCUT2D eigenvalue weighted by molar-refractivity contribution is 5.75. The van der Waals surface area contributed by atoms with Crippen molar-refractivity contribution in [2.24, 2.45) is 10.3 Å². The molecule has 0 amide bonds. The molecule has 0 fully saturated rings. The summed E-state index contributed by atoms with van der Waals surface area (Å²) in [7, 11) is 3.63. The molecule has 6 nitrogen and oxygen atoms in total. The van der Waals surface area contributed by atoms with E-state index in [1.54, 1.807) is 18.0 Å². The Hall–Kier alpha value is -3.15. The van der Waals surface area contributed by atoms with Gasteiger partial charge in [0.1, 0.15) is 5.75 Å². The summed E-state index contributed by atoms with van der Waals surface area (Å²) < 4.78 is 5.64. The molecule has 0 aliphatic heterocycles. The highest BCUT2D eigenvalue weighted by Crippen LogP contribution is 2.23. The van der Waals surface area contributed by atoms with Crippen LogP contribution in [0, 0.1) is 0 Å². The van der Waals surface area contributed by atoms with Crippen molar-refractivity contribution < 1.29 is 14.6 Å². The monoisotopic (exact) mass is 353 g/mol. The quantitative estimate of drug-likeness (QED) is 0.425. The topological polar surface area (TPSA) is 74.5 Å². The molecule has 0 aliphatic carbocycles. The second kappa shape index (κ2) is 9.36. The van der Waals surface area contributed by atoms with Gasteiger partial charge in [0.05, 0.1) is 5.69 Å². The molecule has 26 heavy (non-hydrogen) atoms. The second-order valence-corrected chi connectivity index (χ2v) is 5.85. The van der Waals surface area contributed by atoms with Crippen molar-refractivity contribution in [2.45, 2.75) is 19.4 Å². The lowest BCUT2D eigenvalue weighted by Crippen LogP contribution is -2.26. The lowest BCUT2D eigenvalue weighted by molar-refractivity contribution is -0.145. The van der Waals surface area contributed by atoms with Gasteiger partial charge in [-0.1, -0.05) is 54.6 Å². The van der Waals surface area contributed by atoms with Crippen LogP contribution in [0.25, 0.3) is 12.2 Å². The fourth-order valence-corrected chi connectivity index (χ4v) is 2.17. The van der Waals surface area contributed by atoms with Crippen LogP contribution in [0.1, 0.15) is 24.5 Å². The predicted octanol–water partition coefficient (Wildman–Crippen LogP) is 4.66. The number of hydrogen-bond donors (Lipinski definition) is 1. The third-order valence-corrected chi connectivity index (χ3v) is 3.52. The number of benzene rings is 2. The zero-order valence-electron chi connectivity index (χ0n) is 15.2. The van der Waals surface area contributed by atoms with Gasteiger partial charge in [0.15, 0.2) is 6.10 Å². The normalized spacial score (nSPS) is 12.4. The van der Waals surface area contributed by atoms with Gasteiger partial charge in [0.25, 0.3) is 0 Å². The smallest absolute Gasteiger partial charge is 0.344 e. The van der Waals surface area contributed by atoms with E-state index < -0.39 is 12.1 Å². The summed E-state index contributed by atoms with van der Waals surface area (Å²) in [6, 6.07) is 15.0. The molecule has 2 aromatic carbocycles. The van der Waals surface area contributed by atoms with Gasteiger partial charge < -0.3 is 9.84 Å². The Kier molecular flexibility index (Phi) is 6.91. The number of carbonyl (C=O) groups is 1. The largest absolute Gasteiger partial charge is 0.479 e. The molecule has 0 aliphatic rings. The summed E-state index contributed by atoms with van der Waals surface area (Å²) >= 11 is 0. The van der Waals surface area contributed by atoms with Crippen LogP contribution in [0.5, 0.6) is 5.75 Å². The molecular formula is C20H23N3O3. The number of carboxylic acid groups (broad SMARTS) is 1. The van der Waals surface area contributed by atoms with Crippen LogP contribution in [0.4, 0.5) is 5.69 Å². The Balaban J connectivity index is 2.14. The summed E-state index contributed by atoms with van der Waals surface area (Å²) in [6.45, 7) is 1.78. The predicted molar refractivity (Wildman–Crippen MR) is 102 cm³/mol. The number of rotatable bonds is 8. The summed E-state index contributed by atoms with van der Waals surface area (Å²) in [6.07, 6.45) is 3.39. The number of hydrogen-bond acceptors (Lipinski definition) is 4. The average molecular weight is 353 g/mol. The molecule has 0 saturated heterocycles. The molecule has 0 aromatic heterocycles. The van der Waals surface area contributed by atoms with Crippen LogP contribution in [-0.2, 0) is 4.79 Å². The van der Waals surface area contributed by atoms with Crippen molar-refractivity contribution in [3.05, 3.63) is 59.7 Å². The zero-order chi connectivity index (χ0) is 18.9. The first-order chi connectivity index (χ1) is 12.5. The van der Waals surface area contributed by atoms with Crippen LogP contribution in [0.3, 0.4) is 0 Å². The van der Waals surface area contributed by atoms with Gasteiger partial charge in [0, 0.05) is 19.7 Å². The second-order valence-electron chi connectivity index (χ2n) is 5.85. The van der Waals surface area contributed by atoms with Crippen molar-refractivity contribution >= 4 is 23.8 Å². The Bertz CT molecular complexity index is 783. The number of nitrogens with zero attached hydrogens (tertiary/aromatic N) is 3. The van der Waals surface area contributed by atoms with Crippen LogP contribution >= 0.6 is 0 Å². The van der Waals surface area contributed by atoms with E-state index in [0.29, 0.717) is 12.2 Å².